The van der Waals surface area contributed by atoms with Crippen molar-refractivity contribution in [2.45, 2.75) is 63.6 Å². The number of carbonyl (C=O) groups is 3. The molecule has 0 aliphatic carbocycles. The summed E-state index contributed by atoms with van der Waals surface area (Å²) in [6.07, 6.45) is -0.888. The van der Waals surface area contributed by atoms with E-state index in [2.05, 4.69) is 32.0 Å². The van der Waals surface area contributed by atoms with Crippen molar-refractivity contribution in [1.29, 1.82) is 0 Å². The molecule has 14 heteroatoms. The second-order valence-electron chi connectivity index (χ2n) is 10.7. The van der Waals surface area contributed by atoms with Gasteiger partial charge in [-0.05, 0) is 36.1 Å². The number of hydrogen-bond donors (Lipinski definition) is 0. The fourth-order valence-electron chi connectivity index (χ4n) is 6.18. The summed E-state index contributed by atoms with van der Waals surface area (Å²) in [4.78, 5) is 51.5. The third-order valence-corrected chi connectivity index (χ3v) is 8.09. The minimum absolute atomic E-state index is 0.0142. The zero-order valence-electron chi connectivity index (χ0n) is 23.3. The molecule has 3 aliphatic rings. The molecule has 2 fully saturated rings. The lowest BCUT2D eigenvalue weighted by Crippen LogP contribution is -2.40. The zero-order valence-corrected chi connectivity index (χ0v) is 24.1. The largest absolute Gasteiger partial charge is 0.463 e. The van der Waals surface area contributed by atoms with Crippen molar-refractivity contribution in [2.24, 2.45) is 0 Å². The normalized spacial score (nSPS) is 24.5. The summed E-state index contributed by atoms with van der Waals surface area (Å²) >= 11 is 6.51. The number of hydrogen-bond acceptors (Lipinski definition) is 12. The highest BCUT2D eigenvalue weighted by Gasteiger charge is 2.51. The molecule has 0 N–H and O–H groups in total. The van der Waals surface area contributed by atoms with Gasteiger partial charge in [-0.1, -0.05) is 18.2 Å². The SMILES string of the molecule is CC(=O)OC[C@H]1O[C@@H](n2cnc3c(N4CC5(CCOCC5)c5ccccc54)nc(Cl)nc32)C(OC(C)=O)[C@H]1OC(C)=O. The lowest BCUT2D eigenvalue weighted by atomic mass is 9.76. The van der Waals surface area contributed by atoms with E-state index in [9.17, 15) is 14.4 Å². The maximum atomic E-state index is 12.1. The first kappa shape index (κ1) is 28.3. The number of aromatic nitrogens is 4. The Morgan fingerprint density at radius 2 is 1.74 bits per heavy atom. The van der Waals surface area contributed by atoms with E-state index in [1.54, 1.807) is 4.57 Å². The van der Waals surface area contributed by atoms with Crippen LogP contribution in [-0.2, 0) is 43.5 Å². The molecule has 3 aliphatic heterocycles. The van der Waals surface area contributed by atoms with Gasteiger partial charge in [0.25, 0.3) is 0 Å². The molecular formula is C28H30ClN5O8. The molecule has 0 amide bonds. The van der Waals surface area contributed by atoms with E-state index in [0.717, 1.165) is 18.5 Å². The summed E-state index contributed by atoms with van der Waals surface area (Å²) in [6, 6.07) is 8.22. The van der Waals surface area contributed by atoms with Crippen LogP contribution in [0.3, 0.4) is 0 Å². The second kappa shape index (κ2) is 11.1. The fraction of sp³-hybridized carbons (Fsp3) is 0.500. The number of carbonyl (C=O) groups excluding carboxylic acids is 3. The molecule has 42 heavy (non-hydrogen) atoms. The van der Waals surface area contributed by atoms with Gasteiger partial charge in [-0.3, -0.25) is 19.0 Å². The molecule has 5 heterocycles. The summed E-state index contributed by atoms with van der Waals surface area (Å²) in [6.45, 7) is 5.50. The Kier molecular flexibility index (Phi) is 7.50. The Hall–Kier alpha value is -3.81. The maximum Gasteiger partial charge on any atom is 0.303 e. The van der Waals surface area contributed by atoms with Gasteiger partial charge in [0, 0.05) is 51.6 Å². The molecule has 1 unspecified atom stereocenters. The van der Waals surface area contributed by atoms with Gasteiger partial charge in [-0.2, -0.15) is 9.97 Å². The predicted molar refractivity (Wildman–Crippen MR) is 147 cm³/mol. The minimum atomic E-state index is -1.10. The lowest BCUT2D eigenvalue weighted by molar-refractivity contribution is -0.166. The minimum Gasteiger partial charge on any atom is -0.463 e. The van der Waals surface area contributed by atoms with Crippen LogP contribution in [0.1, 0.15) is 45.4 Å². The molecule has 1 aromatic carbocycles. The third kappa shape index (κ3) is 5.05. The average molecular weight is 600 g/mol. The highest BCUT2D eigenvalue weighted by Crippen LogP contribution is 2.50. The summed E-state index contributed by atoms with van der Waals surface area (Å²) < 4.78 is 29.7. The van der Waals surface area contributed by atoms with E-state index in [1.807, 2.05) is 12.1 Å². The molecule has 0 radical (unpaired) electrons. The molecule has 3 aromatic rings. The quantitative estimate of drug-likeness (QED) is 0.233. The van der Waals surface area contributed by atoms with Crippen LogP contribution in [0.2, 0.25) is 5.28 Å². The van der Waals surface area contributed by atoms with Crippen molar-refractivity contribution in [3.05, 3.63) is 41.4 Å². The van der Waals surface area contributed by atoms with E-state index in [0.29, 0.717) is 36.7 Å². The third-order valence-electron chi connectivity index (χ3n) is 7.92. The van der Waals surface area contributed by atoms with Gasteiger partial charge >= 0.3 is 17.9 Å². The number of para-hydroxylation sites is 1. The van der Waals surface area contributed by atoms with Crippen LogP contribution < -0.4 is 4.90 Å². The van der Waals surface area contributed by atoms with Crippen LogP contribution in [0, 0.1) is 0 Å². The number of fused-ring (bicyclic) bond motifs is 3. The van der Waals surface area contributed by atoms with E-state index in [-0.39, 0.29) is 17.3 Å². The van der Waals surface area contributed by atoms with Crippen molar-refractivity contribution in [3.63, 3.8) is 0 Å². The molecule has 13 nitrogen and oxygen atoms in total. The second-order valence-corrected chi connectivity index (χ2v) is 11.0. The van der Waals surface area contributed by atoms with Gasteiger partial charge in [0.05, 0.1) is 6.33 Å². The molecule has 0 bridgehead atoms. The van der Waals surface area contributed by atoms with Gasteiger partial charge < -0.3 is 28.6 Å². The van der Waals surface area contributed by atoms with Crippen molar-refractivity contribution >= 4 is 52.2 Å². The number of imidazole rings is 1. The van der Waals surface area contributed by atoms with Gasteiger partial charge in [0.2, 0.25) is 5.28 Å². The Balaban J connectivity index is 1.42. The maximum absolute atomic E-state index is 12.1. The van der Waals surface area contributed by atoms with Crippen molar-refractivity contribution in [3.8, 4) is 0 Å². The molecular weight excluding hydrogens is 570 g/mol. The first-order valence-electron chi connectivity index (χ1n) is 13.6. The number of ether oxygens (including phenoxy) is 5. The van der Waals surface area contributed by atoms with Gasteiger partial charge in [0.15, 0.2) is 35.4 Å². The smallest absolute Gasteiger partial charge is 0.303 e. The highest BCUT2D eigenvalue weighted by molar-refractivity contribution is 6.28. The van der Waals surface area contributed by atoms with Crippen LogP contribution in [0.4, 0.5) is 11.5 Å². The summed E-state index contributed by atoms with van der Waals surface area (Å²) in [7, 11) is 0. The fourth-order valence-corrected chi connectivity index (χ4v) is 6.34. The summed E-state index contributed by atoms with van der Waals surface area (Å²) in [5.74, 6) is -1.26. The Morgan fingerprint density at radius 1 is 1.02 bits per heavy atom. The Bertz CT molecular complexity index is 1540. The number of rotatable bonds is 6. The van der Waals surface area contributed by atoms with Crippen molar-refractivity contribution < 1.29 is 38.1 Å². The van der Waals surface area contributed by atoms with Crippen molar-refractivity contribution in [1.82, 2.24) is 19.5 Å². The predicted octanol–water partition coefficient (Wildman–Crippen LogP) is 3.00. The standard InChI is InChI=1S/C28H30ClN5O8/c1-15(35)39-12-20-22(40-16(2)36)23(41-17(3)37)26(42-20)34-14-30-21-24(31-27(29)32-25(21)34)33-13-28(8-10-38-11-9-28)18-6-4-5-7-19(18)33/h4-7,14,20,22-23,26H,8-13H2,1-3H3/t20-,22+,23?,26-/m1/s1. The van der Waals surface area contributed by atoms with E-state index in [4.69, 9.17) is 35.3 Å². The van der Waals surface area contributed by atoms with Gasteiger partial charge in [-0.25, -0.2) is 4.98 Å². The van der Waals surface area contributed by atoms with Gasteiger partial charge in [0.1, 0.15) is 12.7 Å². The Morgan fingerprint density at radius 3 is 2.45 bits per heavy atom. The summed E-state index contributed by atoms with van der Waals surface area (Å²) in [5, 5.41) is -0.0142. The molecule has 2 aromatic heterocycles. The molecule has 0 saturated carbocycles. The molecule has 1 spiro atoms. The molecule has 4 atom stereocenters. The summed E-state index contributed by atoms with van der Waals surface area (Å²) in [5.41, 5.74) is 2.92. The zero-order chi connectivity index (χ0) is 29.6. The number of anilines is 2. The molecule has 6 rings (SSSR count). The first-order valence-corrected chi connectivity index (χ1v) is 14.0. The Labute approximate surface area is 246 Å². The number of benzene rings is 1. The monoisotopic (exact) mass is 599 g/mol. The van der Waals surface area contributed by atoms with Crippen LogP contribution >= 0.6 is 11.6 Å². The van der Waals surface area contributed by atoms with Crippen LogP contribution in [0.15, 0.2) is 30.6 Å². The molecule has 2 saturated heterocycles. The first-order chi connectivity index (χ1) is 20.2. The number of esters is 3. The number of halogens is 1. The lowest BCUT2D eigenvalue weighted by Gasteiger charge is -2.34. The van der Waals surface area contributed by atoms with Crippen LogP contribution in [-0.4, -0.2) is 82.1 Å². The highest BCUT2D eigenvalue weighted by atomic mass is 35.5. The van der Waals surface area contributed by atoms with E-state index < -0.39 is 42.4 Å². The van der Waals surface area contributed by atoms with Crippen LogP contribution in [0.25, 0.3) is 11.2 Å². The van der Waals surface area contributed by atoms with Gasteiger partial charge in [-0.15, -0.1) is 0 Å². The number of nitrogens with zero attached hydrogens (tertiary/aromatic N) is 5. The van der Waals surface area contributed by atoms with Crippen LogP contribution in [0.5, 0.6) is 0 Å². The van der Waals surface area contributed by atoms with E-state index in [1.165, 1.54) is 32.7 Å². The average Bonchev–Trinajstić information content (AvgIpc) is 3.60. The van der Waals surface area contributed by atoms with Crippen molar-refractivity contribution in [2.75, 3.05) is 31.3 Å². The molecule has 222 valence electrons. The van der Waals surface area contributed by atoms with E-state index >= 15 is 0 Å². The topological polar surface area (TPSA) is 144 Å².